The van der Waals surface area contributed by atoms with E-state index in [0.717, 1.165) is 56.6 Å². The number of fused-ring (bicyclic) bond motifs is 2. The number of nitrogens with zero attached hydrogens (tertiary/aromatic N) is 1. The van der Waals surface area contributed by atoms with Crippen LogP contribution in [0.15, 0.2) is 36.4 Å². The summed E-state index contributed by atoms with van der Waals surface area (Å²) in [6, 6.07) is 11.4. The first-order chi connectivity index (χ1) is 16.7. The smallest absolute Gasteiger partial charge is 0.307 e. The minimum atomic E-state index is -0.439. The van der Waals surface area contributed by atoms with Gasteiger partial charge in [-0.3, -0.25) is 4.79 Å². The van der Waals surface area contributed by atoms with E-state index in [1.165, 1.54) is 11.6 Å². The molecule has 2 fully saturated rings. The second-order valence-corrected chi connectivity index (χ2v) is 11.3. The Balaban J connectivity index is 1.18. The first-order valence-electron chi connectivity index (χ1n) is 12.8. The summed E-state index contributed by atoms with van der Waals surface area (Å²) in [7, 11) is 0. The van der Waals surface area contributed by atoms with Gasteiger partial charge in [-0.05, 0) is 83.2 Å². The Morgan fingerprint density at radius 3 is 2.66 bits per heavy atom. The molecule has 5 nitrogen and oxygen atoms in total. The van der Waals surface area contributed by atoms with Gasteiger partial charge in [-0.25, -0.2) is 4.39 Å². The van der Waals surface area contributed by atoms with E-state index >= 15 is 0 Å². The van der Waals surface area contributed by atoms with Gasteiger partial charge in [0.1, 0.15) is 29.5 Å². The minimum Gasteiger partial charge on any atom is -0.492 e. The van der Waals surface area contributed by atoms with E-state index in [9.17, 15) is 9.18 Å². The highest BCUT2D eigenvalue weighted by molar-refractivity contribution is 5.70. The summed E-state index contributed by atoms with van der Waals surface area (Å²) in [6.07, 6.45) is 4.67. The fraction of sp³-hybridized carbons (Fsp3) is 0.552. The first-order valence-corrected chi connectivity index (χ1v) is 12.8. The van der Waals surface area contributed by atoms with Gasteiger partial charge in [-0.1, -0.05) is 18.2 Å². The molecular weight excluding hydrogens is 445 g/mol. The van der Waals surface area contributed by atoms with Crippen LogP contribution in [0.3, 0.4) is 0 Å². The van der Waals surface area contributed by atoms with Crippen LogP contribution in [-0.4, -0.2) is 42.7 Å². The van der Waals surface area contributed by atoms with Crippen LogP contribution in [0.4, 0.5) is 4.39 Å². The lowest BCUT2D eigenvalue weighted by Crippen LogP contribution is -2.44. The van der Waals surface area contributed by atoms with Crippen molar-refractivity contribution < 1.29 is 23.4 Å². The number of halogens is 1. The molecule has 35 heavy (non-hydrogen) atoms. The van der Waals surface area contributed by atoms with E-state index in [-0.39, 0.29) is 23.8 Å². The van der Waals surface area contributed by atoms with E-state index in [1.54, 1.807) is 6.07 Å². The SMILES string of the molecule is CC(C)(C)OC(=O)CCN1CCC2(CC1)COc1cc(OCc3c(F)cccc3C3CC3)ccc12. The molecule has 6 heteroatoms. The van der Waals surface area contributed by atoms with Crippen LogP contribution in [0.1, 0.15) is 75.5 Å². The maximum atomic E-state index is 14.5. The molecule has 3 aliphatic rings. The molecule has 1 aliphatic carbocycles. The number of carbonyl (C=O) groups is 1. The molecule has 0 N–H and O–H groups in total. The molecule has 0 amide bonds. The molecule has 0 aromatic heterocycles. The number of benzene rings is 2. The molecule has 0 bridgehead atoms. The van der Waals surface area contributed by atoms with Gasteiger partial charge < -0.3 is 19.1 Å². The minimum absolute atomic E-state index is 0.0148. The fourth-order valence-corrected chi connectivity index (χ4v) is 5.36. The van der Waals surface area contributed by atoms with Crippen molar-refractivity contribution >= 4 is 5.97 Å². The summed E-state index contributed by atoms with van der Waals surface area (Å²) in [6.45, 7) is 9.19. The maximum Gasteiger partial charge on any atom is 0.307 e. The fourth-order valence-electron chi connectivity index (χ4n) is 5.36. The highest BCUT2D eigenvalue weighted by Gasteiger charge is 2.43. The standard InChI is InChI=1S/C29H36FNO4/c1-28(2,3)35-27(32)11-14-31-15-12-29(13-16-31)19-34-26-17-21(9-10-24(26)29)33-18-23-22(20-7-8-20)5-4-6-25(23)30/h4-6,9-10,17,20H,7-8,11-16,18-19H2,1-3H3. The number of hydrogen-bond acceptors (Lipinski definition) is 5. The third kappa shape index (κ3) is 5.48. The lowest BCUT2D eigenvalue weighted by molar-refractivity contribution is -0.155. The molecule has 0 radical (unpaired) electrons. The van der Waals surface area contributed by atoms with Crippen molar-refractivity contribution in [3.05, 3.63) is 58.9 Å². The van der Waals surface area contributed by atoms with Crippen molar-refractivity contribution in [3.63, 3.8) is 0 Å². The molecule has 1 saturated carbocycles. The van der Waals surface area contributed by atoms with Gasteiger partial charge in [0.05, 0.1) is 13.0 Å². The van der Waals surface area contributed by atoms with Crippen LogP contribution >= 0.6 is 0 Å². The number of hydrogen-bond donors (Lipinski definition) is 0. The summed E-state index contributed by atoms with van der Waals surface area (Å²) in [5.41, 5.74) is 2.57. The van der Waals surface area contributed by atoms with Gasteiger partial charge in [0.2, 0.25) is 0 Å². The third-order valence-electron chi connectivity index (χ3n) is 7.45. The van der Waals surface area contributed by atoms with E-state index in [4.69, 9.17) is 14.2 Å². The molecule has 2 aromatic carbocycles. The monoisotopic (exact) mass is 481 g/mol. The molecule has 1 saturated heterocycles. The van der Waals surface area contributed by atoms with Crippen molar-refractivity contribution in [1.82, 2.24) is 4.90 Å². The quantitative estimate of drug-likeness (QED) is 0.472. The maximum absolute atomic E-state index is 14.5. The lowest BCUT2D eigenvalue weighted by atomic mass is 9.74. The zero-order valence-corrected chi connectivity index (χ0v) is 21.1. The zero-order valence-electron chi connectivity index (χ0n) is 21.1. The van der Waals surface area contributed by atoms with Gasteiger partial charge in [-0.2, -0.15) is 0 Å². The first kappa shape index (κ1) is 24.1. The van der Waals surface area contributed by atoms with Crippen molar-refractivity contribution in [2.45, 2.75) is 76.4 Å². The summed E-state index contributed by atoms with van der Waals surface area (Å²) in [4.78, 5) is 14.4. The molecule has 0 unspecified atom stereocenters. The molecule has 2 aliphatic heterocycles. The Morgan fingerprint density at radius 1 is 1.17 bits per heavy atom. The number of carbonyl (C=O) groups excluding carboxylic acids is 1. The van der Waals surface area contributed by atoms with E-state index in [2.05, 4.69) is 11.0 Å². The average molecular weight is 482 g/mol. The van der Waals surface area contributed by atoms with Gasteiger partial charge in [0.15, 0.2) is 0 Å². The zero-order chi connectivity index (χ0) is 24.6. The average Bonchev–Trinajstić information content (AvgIpc) is 3.60. The highest BCUT2D eigenvalue weighted by atomic mass is 19.1. The largest absolute Gasteiger partial charge is 0.492 e. The predicted molar refractivity (Wildman–Crippen MR) is 132 cm³/mol. The number of rotatable bonds is 7. The Kier molecular flexibility index (Phi) is 6.51. The Labute approximate surface area is 207 Å². The second kappa shape index (κ2) is 9.45. The van der Waals surface area contributed by atoms with Crippen LogP contribution < -0.4 is 9.47 Å². The molecule has 5 rings (SSSR count). The van der Waals surface area contributed by atoms with Crippen molar-refractivity contribution in [2.75, 3.05) is 26.2 Å². The topological polar surface area (TPSA) is 48.0 Å². The number of esters is 1. The summed E-state index contributed by atoms with van der Waals surface area (Å²) >= 11 is 0. The van der Waals surface area contributed by atoms with Crippen LogP contribution in [0.25, 0.3) is 0 Å². The Morgan fingerprint density at radius 2 is 1.94 bits per heavy atom. The lowest BCUT2D eigenvalue weighted by Gasteiger charge is -2.38. The van der Waals surface area contributed by atoms with Crippen molar-refractivity contribution in [1.29, 1.82) is 0 Å². The van der Waals surface area contributed by atoms with Crippen molar-refractivity contribution in [2.24, 2.45) is 0 Å². The van der Waals surface area contributed by atoms with E-state index in [1.807, 2.05) is 39.0 Å². The van der Waals surface area contributed by atoms with Crippen molar-refractivity contribution in [3.8, 4) is 11.5 Å². The summed E-state index contributed by atoms with van der Waals surface area (Å²) < 4.78 is 32.1. The normalized spacial score (nSPS) is 19.3. The Bertz CT molecular complexity index is 1080. The molecule has 2 aromatic rings. The number of piperidine rings is 1. The molecule has 188 valence electrons. The van der Waals surface area contributed by atoms with Crippen LogP contribution in [0, 0.1) is 5.82 Å². The molecule has 0 atom stereocenters. The van der Waals surface area contributed by atoms with Gasteiger partial charge in [0, 0.05) is 29.2 Å². The van der Waals surface area contributed by atoms with E-state index in [0.29, 0.717) is 30.3 Å². The molecule has 2 heterocycles. The van der Waals surface area contributed by atoms with Gasteiger partial charge in [-0.15, -0.1) is 0 Å². The second-order valence-electron chi connectivity index (χ2n) is 11.3. The number of ether oxygens (including phenoxy) is 3. The van der Waals surface area contributed by atoms with Crippen LogP contribution in [-0.2, 0) is 21.6 Å². The molecule has 1 spiro atoms. The number of likely N-dealkylation sites (tertiary alicyclic amines) is 1. The molecular formula is C29H36FNO4. The third-order valence-corrected chi connectivity index (χ3v) is 7.45. The van der Waals surface area contributed by atoms with Crippen LogP contribution in [0.5, 0.6) is 11.5 Å². The summed E-state index contributed by atoms with van der Waals surface area (Å²) in [5.74, 6) is 1.73. The summed E-state index contributed by atoms with van der Waals surface area (Å²) in [5, 5.41) is 0. The van der Waals surface area contributed by atoms with Crippen LogP contribution in [0.2, 0.25) is 0 Å². The Hall–Kier alpha value is -2.60. The van der Waals surface area contributed by atoms with E-state index < -0.39 is 5.60 Å². The predicted octanol–water partition coefficient (Wildman–Crippen LogP) is 5.74. The highest BCUT2D eigenvalue weighted by Crippen LogP contribution is 2.47. The van der Waals surface area contributed by atoms with Gasteiger partial charge >= 0.3 is 5.97 Å². The van der Waals surface area contributed by atoms with Gasteiger partial charge in [0.25, 0.3) is 0 Å².